The molecule has 2 aliphatic carbocycles. The summed E-state index contributed by atoms with van der Waals surface area (Å²) < 4.78 is 58.1. The van der Waals surface area contributed by atoms with Gasteiger partial charge in [0.05, 0.1) is 6.04 Å². The van der Waals surface area contributed by atoms with Gasteiger partial charge in [-0.2, -0.15) is 0 Å². The molecule has 35 heavy (non-hydrogen) atoms. The Bertz CT molecular complexity index is 1080. The smallest absolute Gasteiger partial charge is 0.411 e. The molecule has 0 bridgehead atoms. The Morgan fingerprint density at radius 1 is 0.829 bits per heavy atom. The Morgan fingerprint density at radius 3 is 1.91 bits per heavy atom. The minimum absolute atomic E-state index is 0.149. The van der Waals surface area contributed by atoms with Gasteiger partial charge in [-0.05, 0) is 93.7 Å². The van der Waals surface area contributed by atoms with Gasteiger partial charge in [0.1, 0.15) is 28.9 Å². The summed E-state index contributed by atoms with van der Waals surface area (Å²) in [6, 6.07) is 7.82. The van der Waals surface area contributed by atoms with Gasteiger partial charge in [0.25, 0.3) is 0 Å². The van der Waals surface area contributed by atoms with Gasteiger partial charge < -0.3 is 10.1 Å². The molecule has 1 amide bonds. The summed E-state index contributed by atoms with van der Waals surface area (Å²) in [6.07, 6.45) is 3.55. The lowest BCUT2D eigenvalue weighted by Crippen LogP contribution is -2.38. The number of carbonyl (C=O) groups is 1. The van der Waals surface area contributed by atoms with Crippen LogP contribution in [0.2, 0.25) is 0 Å². The molecule has 4 aliphatic rings. The first-order chi connectivity index (χ1) is 16.5. The van der Waals surface area contributed by atoms with Gasteiger partial charge in [0.2, 0.25) is 0 Å². The van der Waals surface area contributed by atoms with Crippen molar-refractivity contribution in [3.05, 3.63) is 70.8 Å². The summed E-state index contributed by atoms with van der Waals surface area (Å²) in [5.74, 6) is -1.03. The van der Waals surface area contributed by atoms with Gasteiger partial charge in [0, 0.05) is 30.3 Å². The second-order valence-electron chi connectivity index (χ2n) is 11.2. The fourth-order valence-electron chi connectivity index (χ4n) is 5.45. The van der Waals surface area contributed by atoms with Crippen molar-refractivity contribution >= 4 is 6.09 Å². The Labute approximate surface area is 202 Å². The summed E-state index contributed by atoms with van der Waals surface area (Å²) in [5, 5.41) is 3.37. The highest BCUT2D eigenvalue weighted by Crippen LogP contribution is 2.54. The molecule has 4 nitrogen and oxygen atoms in total. The monoisotopic (exact) mass is 490 g/mol. The molecule has 8 heteroatoms. The molecule has 6 unspecified atom stereocenters. The highest BCUT2D eigenvalue weighted by atomic mass is 19.1. The number of piperidine rings is 2. The van der Waals surface area contributed by atoms with Crippen LogP contribution in [0, 0.1) is 35.1 Å². The Hall–Kier alpha value is -2.61. The van der Waals surface area contributed by atoms with Gasteiger partial charge in [-0.15, -0.1) is 0 Å². The van der Waals surface area contributed by atoms with Gasteiger partial charge in [-0.1, -0.05) is 0 Å². The highest BCUT2D eigenvalue weighted by molar-refractivity contribution is 5.70. The number of rotatable bonds is 2. The minimum atomic E-state index is -0.616. The predicted molar refractivity (Wildman–Crippen MR) is 122 cm³/mol. The maximum absolute atomic E-state index is 13.4. The lowest BCUT2D eigenvalue weighted by molar-refractivity contribution is 0.0181. The zero-order chi connectivity index (χ0) is 25.1. The maximum atomic E-state index is 13.4. The fourth-order valence-corrected chi connectivity index (χ4v) is 5.45. The summed E-state index contributed by atoms with van der Waals surface area (Å²) >= 11 is 0. The lowest BCUT2D eigenvalue weighted by atomic mass is 10.0. The third kappa shape index (κ3) is 5.47. The van der Waals surface area contributed by atoms with Crippen LogP contribution >= 0.6 is 0 Å². The molecular weight excluding hydrogens is 460 g/mol. The Balaban J connectivity index is 0.000000156. The van der Waals surface area contributed by atoms with E-state index in [1.54, 1.807) is 4.90 Å². The summed E-state index contributed by atoms with van der Waals surface area (Å²) in [4.78, 5) is 14.0. The van der Waals surface area contributed by atoms with Crippen LogP contribution in [0.1, 0.15) is 69.7 Å². The molecule has 0 radical (unpaired) electrons. The minimum Gasteiger partial charge on any atom is -0.444 e. The largest absolute Gasteiger partial charge is 0.444 e. The third-order valence-electron chi connectivity index (χ3n) is 7.14. The molecule has 2 aromatic rings. The average molecular weight is 491 g/mol. The number of likely N-dealkylation sites (tertiary alicyclic amines) is 1. The number of halogens is 4. The lowest BCUT2D eigenvalue weighted by Gasteiger charge is -2.30. The molecule has 188 valence electrons. The number of nitrogens with one attached hydrogen (secondary N) is 1. The Kier molecular flexibility index (Phi) is 6.06. The van der Waals surface area contributed by atoms with Gasteiger partial charge in [0.15, 0.2) is 0 Å². The van der Waals surface area contributed by atoms with E-state index in [1.165, 1.54) is 30.7 Å². The zero-order valence-electron chi connectivity index (χ0n) is 20.0. The highest BCUT2D eigenvalue weighted by Gasteiger charge is 2.55. The first kappa shape index (κ1) is 24.1. The summed E-state index contributed by atoms with van der Waals surface area (Å²) in [7, 11) is 0. The molecule has 2 heterocycles. The molecule has 0 aromatic heterocycles. The van der Waals surface area contributed by atoms with Crippen molar-refractivity contribution in [2.75, 3.05) is 0 Å². The van der Waals surface area contributed by atoms with E-state index < -0.39 is 35.0 Å². The molecule has 1 N–H and O–H groups in total. The number of ether oxygens (including phenoxy) is 1. The van der Waals surface area contributed by atoms with Crippen molar-refractivity contribution < 1.29 is 27.1 Å². The van der Waals surface area contributed by atoms with Crippen molar-refractivity contribution in [1.29, 1.82) is 0 Å². The van der Waals surface area contributed by atoms with Crippen molar-refractivity contribution in [2.45, 2.75) is 76.2 Å². The van der Waals surface area contributed by atoms with E-state index in [9.17, 15) is 22.4 Å². The van der Waals surface area contributed by atoms with Gasteiger partial charge in [-0.3, -0.25) is 4.90 Å². The maximum Gasteiger partial charge on any atom is 0.411 e. The number of amides is 1. The van der Waals surface area contributed by atoms with E-state index in [0.717, 1.165) is 42.9 Å². The van der Waals surface area contributed by atoms with Crippen LogP contribution in [0.3, 0.4) is 0 Å². The quantitative estimate of drug-likeness (QED) is 0.494. The first-order valence-corrected chi connectivity index (χ1v) is 12.2. The fraction of sp³-hybridized carbons (Fsp3) is 0.519. The van der Waals surface area contributed by atoms with E-state index in [1.807, 2.05) is 20.8 Å². The second-order valence-corrected chi connectivity index (χ2v) is 11.2. The number of hydrogen-bond acceptors (Lipinski definition) is 3. The van der Waals surface area contributed by atoms with Gasteiger partial charge >= 0.3 is 6.09 Å². The topological polar surface area (TPSA) is 41.6 Å². The first-order valence-electron chi connectivity index (χ1n) is 12.2. The molecule has 2 saturated heterocycles. The molecule has 2 saturated carbocycles. The van der Waals surface area contributed by atoms with Crippen LogP contribution in [0.25, 0.3) is 0 Å². The normalized spacial score (nSPS) is 30.2. The second kappa shape index (κ2) is 8.80. The van der Waals surface area contributed by atoms with Crippen LogP contribution in [0.5, 0.6) is 0 Å². The van der Waals surface area contributed by atoms with Crippen molar-refractivity contribution in [2.24, 2.45) is 11.8 Å². The standard InChI is InChI=1S/C16H19F2NO2.C11H11F2N/c1-16(2,3)21-15(20)19-13(6-10-7-14(10)19)9-4-11(17)8-12(18)5-9;12-8-1-6(2-9(13)5-8)10-3-7-4-11(7)14-10/h4-5,8,10,13-14H,6-7H2,1-3H3;1-2,5,7,10-11,14H,3-4H2. The number of hydrogen-bond donors (Lipinski definition) is 1. The molecule has 6 rings (SSSR count). The van der Waals surface area contributed by atoms with Crippen LogP contribution in [-0.4, -0.2) is 28.7 Å². The zero-order valence-corrected chi connectivity index (χ0v) is 20.0. The van der Waals surface area contributed by atoms with E-state index >= 15 is 0 Å². The number of benzene rings is 2. The van der Waals surface area contributed by atoms with E-state index in [0.29, 0.717) is 17.5 Å². The number of fused-ring (bicyclic) bond motifs is 2. The molecule has 6 atom stereocenters. The molecule has 4 fully saturated rings. The molecule has 2 aromatic carbocycles. The Morgan fingerprint density at radius 2 is 1.40 bits per heavy atom. The van der Waals surface area contributed by atoms with Gasteiger partial charge in [-0.25, -0.2) is 22.4 Å². The van der Waals surface area contributed by atoms with Crippen LogP contribution in [0.15, 0.2) is 36.4 Å². The average Bonchev–Trinajstić information content (AvgIpc) is 3.59. The SMILES string of the molecule is CC(C)(C)OC(=O)N1C(c2cc(F)cc(F)c2)CC2CC21.Fc1cc(F)cc(C2CC3CC3N2)c1. The van der Waals surface area contributed by atoms with E-state index in [2.05, 4.69) is 5.32 Å². The van der Waals surface area contributed by atoms with Crippen molar-refractivity contribution in [3.8, 4) is 0 Å². The van der Waals surface area contributed by atoms with Crippen molar-refractivity contribution in [3.63, 3.8) is 0 Å². The van der Waals surface area contributed by atoms with Crippen LogP contribution in [0.4, 0.5) is 22.4 Å². The third-order valence-corrected chi connectivity index (χ3v) is 7.14. The molecular formula is C27H30F4N2O2. The van der Waals surface area contributed by atoms with E-state index in [4.69, 9.17) is 4.74 Å². The van der Waals surface area contributed by atoms with Crippen LogP contribution < -0.4 is 5.32 Å². The number of nitrogens with zero attached hydrogens (tertiary/aromatic N) is 1. The van der Waals surface area contributed by atoms with E-state index in [-0.39, 0.29) is 18.1 Å². The summed E-state index contributed by atoms with van der Waals surface area (Å²) in [6.45, 7) is 5.42. The van der Waals surface area contributed by atoms with Crippen molar-refractivity contribution in [1.82, 2.24) is 10.2 Å². The number of carbonyl (C=O) groups excluding carboxylic acids is 1. The molecule has 0 spiro atoms. The predicted octanol–water partition coefficient (Wildman–Crippen LogP) is 6.42. The summed E-state index contributed by atoms with van der Waals surface area (Å²) in [5.41, 5.74) is 0.669. The molecule has 2 aliphatic heterocycles. The van der Waals surface area contributed by atoms with Crippen LogP contribution in [-0.2, 0) is 4.74 Å².